The fourth-order valence-corrected chi connectivity index (χ4v) is 2.08. The van der Waals surface area contributed by atoms with Gasteiger partial charge in [0.15, 0.2) is 5.96 Å². The third kappa shape index (κ3) is 8.28. The van der Waals surface area contributed by atoms with Crippen LogP contribution in [0.4, 0.5) is 0 Å². The molecule has 19 heavy (non-hydrogen) atoms. The van der Waals surface area contributed by atoms with Gasteiger partial charge in [-0.15, -0.1) is 24.0 Å². The SMILES string of the molecule is COC(=O)CCCCCN=C(N)N1CCCCC1.I. The van der Waals surface area contributed by atoms with Gasteiger partial charge in [0.05, 0.1) is 7.11 Å². The van der Waals surface area contributed by atoms with E-state index >= 15 is 0 Å². The van der Waals surface area contributed by atoms with Crippen LogP contribution in [0.1, 0.15) is 44.9 Å². The predicted molar refractivity (Wildman–Crippen MR) is 87.8 cm³/mol. The lowest BCUT2D eigenvalue weighted by Crippen LogP contribution is -2.40. The molecule has 0 aromatic carbocycles. The van der Waals surface area contributed by atoms with Crippen molar-refractivity contribution in [3.05, 3.63) is 0 Å². The number of hydrogen-bond donors (Lipinski definition) is 1. The molecule has 0 bridgehead atoms. The van der Waals surface area contributed by atoms with Crippen LogP contribution in [0.2, 0.25) is 0 Å². The number of halogens is 1. The first kappa shape index (κ1) is 18.5. The van der Waals surface area contributed by atoms with Crippen molar-refractivity contribution in [1.29, 1.82) is 0 Å². The summed E-state index contributed by atoms with van der Waals surface area (Å²) in [6.07, 6.45) is 7.08. The van der Waals surface area contributed by atoms with Crippen molar-refractivity contribution in [2.45, 2.75) is 44.9 Å². The molecule has 1 rings (SSSR count). The first-order valence-corrected chi connectivity index (χ1v) is 6.85. The molecule has 1 saturated heterocycles. The van der Waals surface area contributed by atoms with Gasteiger partial charge in [0, 0.05) is 26.1 Å². The smallest absolute Gasteiger partial charge is 0.305 e. The normalized spacial score (nSPS) is 15.8. The van der Waals surface area contributed by atoms with E-state index in [1.807, 2.05) is 0 Å². The molecule has 6 heteroatoms. The molecular weight excluding hydrogens is 357 g/mol. The Balaban J connectivity index is 0.00000324. The number of likely N-dealkylation sites (tertiary alicyclic amines) is 1. The van der Waals surface area contributed by atoms with Gasteiger partial charge in [-0.1, -0.05) is 6.42 Å². The summed E-state index contributed by atoms with van der Waals surface area (Å²) >= 11 is 0. The van der Waals surface area contributed by atoms with E-state index in [9.17, 15) is 4.79 Å². The first-order chi connectivity index (χ1) is 8.74. The second-order valence-electron chi connectivity index (χ2n) is 4.67. The third-order valence-electron chi connectivity index (χ3n) is 3.22. The molecule has 1 aliphatic rings. The fraction of sp³-hybridized carbons (Fsp3) is 0.846. The van der Waals surface area contributed by atoms with E-state index < -0.39 is 0 Å². The summed E-state index contributed by atoms with van der Waals surface area (Å²) in [5, 5.41) is 0. The number of guanidine groups is 1. The van der Waals surface area contributed by atoms with Crippen LogP contribution in [-0.2, 0) is 9.53 Å². The highest BCUT2D eigenvalue weighted by Gasteiger charge is 2.11. The number of ether oxygens (including phenoxy) is 1. The van der Waals surface area contributed by atoms with Gasteiger partial charge < -0.3 is 15.4 Å². The van der Waals surface area contributed by atoms with Crippen molar-refractivity contribution >= 4 is 35.9 Å². The van der Waals surface area contributed by atoms with Crippen molar-refractivity contribution < 1.29 is 9.53 Å². The Kier molecular flexibility index (Phi) is 11.0. The molecule has 0 amide bonds. The maximum absolute atomic E-state index is 10.9. The van der Waals surface area contributed by atoms with Crippen molar-refractivity contribution in [2.24, 2.45) is 10.7 Å². The lowest BCUT2D eigenvalue weighted by atomic mass is 10.1. The molecule has 0 radical (unpaired) electrons. The second-order valence-corrected chi connectivity index (χ2v) is 4.67. The molecule has 0 aromatic heterocycles. The van der Waals surface area contributed by atoms with Crippen LogP contribution in [0.15, 0.2) is 4.99 Å². The van der Waals surface area contributed by atoms with Crippen LogP contribution >= 0.6 is 24.0 Å². The minimum Gasteiger partial charge on any atom is -0.469 e. The zero-order valence-electron chi connectivity index (χ0n) is 11.8. The van der Waals surface area contributed by atoms with Gasteiger partial charge in [0.2, 0.25) is 0 Å². The van der Waals surface area contributed by atoms with Crippen LogP contribution < -0.4 is 5.73 Å². The number of hydrogen-bond acceptors (Lipinski definition) is 3. The van der Waals surface area contributed by atoms with Crippen LogP contribution in [0.5, 0.6) is 0 Å². The lowest BCUT2D eigenvalue weighted by Gasteiger charge is -2.27. The maximum atomic E-state index is 10.9. The minimum atomic E-state index is -0.133. The zero-order valence-corrected chi connectivity index (χ0v) is 14.1. The molecule has 1 fully saturated rings. The average molecular weight is 383 g/mol. The summed E-state index contributed by atoms with van der Waals surface area (Å²) in [5.74, 6) is 0.550. The van der Waals surface area contributed by atoms with Crippen molar-refractivity contribution in [1.82, 2.24) is 4.90 Å². The van der Waals surface area contributed by atoms with Crippen LogP contribution in [0.3, 0.4) is 0 Å². The number of carbonyl (C=O) groups excluding carboxylic acids is 1. The summed E-state index contributed by atoms with van der Waals surface area (Å²) in [7, 11) is 1.42. The monoisotopic (exact) mass is 383 g/mol. The molecule has 0 aromatic rings. The Morgan fingerprint density at radius 1 is 1.21 bits per heavy atom. The Labute approximate surface area is 133 Å². The van der Waals surface area contributed by atoms with E-state index in [1.165, 1.54) is 26.4 Å². The molecule has 0 unspecified atom stereocenters. The van der Waals surface area contributed by atoms with Crippen molar-refractivity contribution in [3.8, 4) is 0 Å². The van der Waals surface area contributed by atoms with E-state index in [0.29, 0.717) is 12.4 Å². The lowest BCUT2D eigenvalue weighted by molar-refractivity contribution is -0.140. The highest BCUT2D eigenvalue weighted by Crippen LogP contribution is 2.08. The molecule has 0 saturated carbocycles. The number of piperidine rings is 1. The number of aliphatic imine (C=N–C) groups is 1. The topological polar surface area (TPSA) is 67.9 Å². The Hall–Kier alpha value is -0.530. The summed E-state index contributed by atoms with van der Waals surface area (Å²) in [6, 6.07) is 0. The number of nitrogens with two attached hydrogens (primary N) is 1. The molecule has 1 heterocycles. The fourth-order valence-electron chi connectivity index (χ4n) is 2.08. The Bertz CT molecular complexity index is 279. The predicted octanol–water partition coefficient (Wildman–Crippen LogP) is 2.14. The van der Waals surface area contributed by atoms with E-state index in [4.69, 9.17) is 5.73 Å². The zero-order chi connectivity index (χ0) is 13.2. The second kappa shape index (κ2) is 11.3. The quantitative estimate of drug-likeness (QED) is 0.251. The van der Waals surface area contributed by atoms with Gasteiger partial charge in [-0.25, -0.2) is 0 Å². The third-order valence-corrected chi connectivity index (χ3v) is 3.22. The minimum absolute atomic E-state index is 0. The molecule has 112 valence electrons. The highest BCUT2D eigenvalue weighted by atomic mass is 127. The largest absolute Gasteiger partial charge is 0.469 e. The van der Waals surface area contributed by atoms with Gasteiger partial charge in [0.25, 0.3) is 0 Å². The maximum Gasteiger partial charge on any atom is 0.305 e. The summed E-state index contributed by atoms with van der Waals surface area (Å²) in [6.45, 7) is 2.83. The van der Waals surface area contributed by atoms with E-state index in [0.717, 1.165) is 38.9 Å². The summed E-state index contributed by atoms with van der Waals surface area (Å²) < 4.78 is 4.58. The van der Waals surface area contributed by atoms with Crippen LogP contribution in [0, 0.1) is 0 Å². The molecule has 2 N–H and O–H groups in total. The number of rotatable bonds is 6. The van der Waals surface area contributed by atoms with E-state index in [-0.39, 0.29) is 29.9 Å². The average Bonchev–Trinajstić information content (AvgIpc) is 2.43. The van der Waals surface area contributed by atoms with E-state index in [2.05, 4.69) is 14.6 Å². The van der Waals surface area contributed by atoms with Crippen molar-refractivity contribution in [3.63, 3.8) is 0 Å². The highest BCUT2D eigenvalue weighted by molar-refractivity contribution is 14.0. The van der Waals surface area contributed by atoms with Crippen LogP contribution in [-0.4, -0.2) is 43.6 Å². The number of carbonyl (C=O) groups is 1. The van der Waals surface area contributed by atoms with Gasteiger partial charge >= 0.3 is 5.97 Å². The number of methoxy groups -OCH3 is 1. The van der Waals surface area contributed by atoms with E-state index in [1.54, 1.807) is 0 Å². The molecular formula is C13H26IN3O2. The van der Waals surface area contributed by atoms with Crippen molar-refractivity contribution in [2.75, 3.05) is 26.7 Å². The standard InChI is InChI=1S/C13H25N3O2.HI/c1-18-12(17)8-4-2-5-9-15-13(14)16-10-6-3-7-11-16;/h2-11H2,1H3,(H2,14,15);1H. The number of esters is 1. The first-order valence-electron chi connectivity index (χ1n) is 6.85. The Morgan fingerprint density at radius 2 is 1.89 bits per heavy atom. The molecule has 1 aliphatic heterocycles. The molecule has 0 atom stereocenters. The van der Waals surface area contributed by atoms with Gasteiger partial charge in [-0.05, 0) is 32.1 Å². The van der Waals surface area contributed by atoms with Gasteiger partial charge in [0.1, 0.15) is 0 Å². The Morgan fingerprint density at radius 3 is 2.53 bits per heavy atom. The molecule has 0 aliphatic carbocycles. The summed E-state index contributed by atoms with van der Waals surface area (Å²) in [5.41, 5.74) is 5.93. The molecule has 0 spiro atoms. The summed E-state index contributed by atoms with van der Waals surface area (Å²) in [4.78, 5) is 17.4. The van der Waals surface area contributed by atoms with Crippen LogP contribution in [0.25, 0.3) is 0 Å². The van der Waals surface area contributed by atoms with Gasteiger partial charge in [-0.3, -0.25) is 9.79 Å². The molecule has 5 nitrogen and oxygen atoms in total. The number of nitrogens with zero attached hydrogens (tertiary/aromatic N) is 2. The van der Waals surface area contributed by atoms with Gasteiger partial charge in [-0.2, -0.15) is 0 Å². The number of unbranched alkanes of at least 4 members (excludes halogenated alkanes) is 2.